The lowest BCUT2D eigenvalue weighted by molar-refractivity contribution is -0.145. The van der Waals surface area contributed by atoms with Gasteiger partial charge in [0, 0.05) is 24.7 Å². The van der Waals surface area contributed by atoms with E-state index >= 15 is 0 Å². The van der Waals surface area contributed by atoms with Crippen molar-refractivity contribution in [3.8, 4) is 6.07 Å². The summed E-state index contributed by atoms with van der Waals surface area (Å²) < 4.78 is 0. The Bertz CT molecular complexity index is 1420. The second-order valence-electron chi connectivity index (χ2n) is 13.9. The summed E-state index contributed by atoms with van der Waals surface area (Å²) in [5.41, 5.74) is 8.88. The molecule has 0 spiro atoms. The van der Waals surface area contributed by atoms with E-state index in [0.717, 1.165) is 18.5 Å². The van der Waals surface area contributed by atoms with Gasteiger partial charge in [0.05, 0.1) is 29.9 Å². The van der Waals surface area contributed by atoms with E-state index in [1.807, 2.05) is 6.07 Å². The van der Waals surface area contributed by atoms with Gasteiger partial charge in [0.2, 0.25) is 17.6 Å². The SMILES string of the molecule is CC(C)(O)/C(=C/N)N(N)C1CC(C(=O)NC2(C(=O)C(N)=O)CCCCC2)N(C(=O)CNC(=O)c2ccc(C#N)cc2)C1.CC1CCCCC1. The first-order valence-corrected chi connectivity index (χ1v) is 17.1. The third kappa shape index (κ3) is 10.3. The summed E-state index contributed by atoms with van der Waals surface area (Å²) in [5, 5.41) is 25.9. The summed E-state index contributed by atoms with van der Waals surface area (Å²) in [5.74, 6) is 3.46. The van der Waals surface area contributed by atoms with E-state index in [1.54, 1.807) is 0 Å². The van der Waals surface area contributed by atoms with E-state index < -0.39 is 59.2 Å². The van der Waals surface area contributed by atoms with Gasteiger partial charge in [0.15, 0.2) is 0 Å². The van der Waals surface area contributed by atoms with Crippen LogP contribution in [0, 0.1) is 17.2 Å². The highest BCUT2D eigenvalue weighted by atomic mass is 16.3. The number of nitriles is 1. The maximum absolute atomic E-state index is 13.7. The predicted octanol–water partition coefficient (Wildman–Crippen LogP) is 1.46. The molecule has 1 aromatic rings. The van der Waals surface area contributed by atoms with Crippen molar-refractivity contribution in [2.75, 3.05) is 13.1 Å². The van der Waals surface area contributed by atoms with E-state index in [1.165, 1.54) is 80.1 Å². The zero-order valence-electron chi connectivity index (χ0n) is 28.9. The summed E-state index contributed by atoms with van der Waals surface area (Å²) in [4.78, 5) is 65.7. The highest BCUT2D eigenvalue weighted by Gasteiger charge is 2.48. The number of amides is 4. The van der Waals surface area contributed by atoms with Crippen molar-refractivity contribution >= 4 is 29.4 Å². The van der Waals surface area contributed by atoms with Crippen molar-refractivity contribution < 1.29 is 29.1 Å². The molecule has 0 bridgehead atoms. The Labute approximate surface area is 288 Å². The smallest absolute Gasteiger partial charge is 0.287 e. The van der Waals surface area contributed by atoms with E-state index in [-0.39, 0.29) is 37.1 Å². The Morgan fingerprint density at radius 3 is 2.14 bits per heavy atom. The summed E-state index contributed by atoms with van der Waals surface area (Å²) in [6.45, 7) is 4.79. The maximum atomic E-state index is 13.7. The minimum atomic E-state index is -1.48. The minimum absolute atomic E-state index is 0.00586. The number of rotatable bonds is 10. The molecule has 2 saturated carbocycles. The largest absolute Gasteiger partial charge is 0.403 e. The predicted molar refractivity (Wildman–Crippen MR) is 182 cm³/mol. The first-order valence-electron chi connectivity index (χ1n) is 17.1. The van der Waals surface area contributed by atoms with Gasteiger partial charge in [-0.15, -0.1) is 0 Å². The van der Waals surface area contributed by atoms with Crippen LogP contribution in [-0.2, 0) is 19.2 Å². The molecule has 3 fully saturated rings. The Balaban J connectivity index is 0.000000823. The number of aliphatic hydroxyl groups is 1. The normalized spacial score (nSPS) is 21.0. The van der Waals surface area contributed by atoms with Crippen LogP contribution in [0.5, 0.6) is 0 Å². The highest BCUT2D eigenvalue weighted by Crippen LogP contribution is 2.32. The number of hydrogen-bond donors (Lipinski definition) is 6. The zero-order chi connectivity index (χ0) is 36.4. The molecule has 1 heterocycles. The van der Waals surface area contributed by atoms with Crippen molar-refractivity contribution in [2.24, 2.45) is 23.2 Å². The van der Waals surface area contributed by atoms with Gasteiger partial charge >= 0.3 is 0 Å². The van der Waals surface area contributed by atoms with Crippen LogP contribution >= 0.6 is 0 Å². The summed E-state index contributed by atoms with van der Waals surface area (Å²) in [6.07, 6.45) is 11.1. The lowest BCUT2D eigenvalue weighted by Gasteiger charge is -2.37. The molecule has 1 saturated heterocycles. The number of nitrogens with zero attached hydrogens (tertiary/aromatic N) is 3. The summed E-state index contributed by atoms with van der Waals surface area (Å²) in [7, 11) is 0. The molecular formula is C35H52N8O6. The van der Waals surface area contributed by atoms with Crippen LogP contribution in [0.1, 0.15) is 107 Å². The molecule has 1 aliphatic heterocycles. The van der Waals surface area contributed by atoms with Gasteiger partial charge in [0.25, 0.3) is 11.8 Å². The van der Waals surface area contributed by atoms with Crippen LogP contribution < -0.4 is 27.9 Å². The third-order valence-electron chi connectivity index (χ3n) is 9.66. The summed E-state index contributed by atoms with van der Waals surface area (Å²) >= 11 is 0. The standard InChI is InChI=1S/C28H38N8O6.C7H14/c1-27(2,42)21(14-30)36(32)19-12-20(26(41)34-28(23(38)24(31)39)10-4-3-5-11-28)35(16-19)22(37)15-33-25(40)18-8-6-17(13-29)7-9-18;1-7-5-3-2-4-6-7/h6-9,14,19-20,42H,3-5,10-12,15-16,30,32H2,1-2H3,(H2,31,39)(H,33,40)(H,34,41);7H,2-6H2,1H3/b21-14-;. The van der Waals surface area contributed by atoms with E-state index in [9.17, 15) is 29.1 Å². The lowest BCUT2D eigenvalue weighted by Crippen LogP contribution is -2.62. The zero-order valence-corrected chi connectivity index (χ0v) is 28.9. The Morgan fingerprint density at radius 2 is 1.65 bits per heavy atom. The number of nitrogens with two attached hydrogens (primary N) is 3. The lowest BCUT2D eigenvalue weighted by atomic mass is 9.78. The monoisotopic (exact) mass is 680 g/mol. The molecule has 4 amide bonds. The van der Waals surface area contributed by atoms with Crippen molar-refractivity contribution in [1.29, 1.82) is 5.26 Å². The van der Waals surface area contributed by atoms with E-state index in [0.29, 0.717) is 18.4 Å². The van der Waals surface area contributed by atoms with Gasteiger partial charge in [0.1, 0.15) is 17.2 Å². The fourth-order valence-corrected chi connectivity index (χ4v) is 6.82. The average molecular weight is 681 g/mol. The van der Waals surface area contributed by atoms with Crippen LogP contribution in [0.4, 0.5) is 0 Å². The fraction of sp³-hybridized carbons (Fsp3) is 0.600. The molecular weight excluding hydrogens is 628 g/mol. The molecule has 2 unspecified atom stereocenters. The molecule has 49 heavy (non-hydrogen) atoms. The molecule has 1 aromatic carbocycles. The molecule has 0 radical (unpaired) electrons. The molecule has 2 aliphatic carbocycles. The van der Waals surface area contributed by atoms with Gasteiger partial charge in [-0.1, -0.05) is 58.3 Å². The van der Waals surface area contributed by atoms with Gasteiger partial charge in [-0.3, -0.25) is 24.0 Å². The number of hydrazine groups is 1. The number of ketones is 1. The molecule has 14 nitrogen and oxygen atoms in total. The molecule has 9 N–H and O–H groups in total. The van der Waals surface area contributed by atoms with Gasteiger partial charge in [-0.2, -0.15) is 5.26 Å². The first kappa shape index (κ1) is 39.0. The van der Waals surface area contributed by atoms with Crippen LogP contribution in [0.25, 0.3) is 0 Å². The number of primary amides is 1. The number of likely N-dealkylation sites (tertiary alicyclic amines) is 1. The van der Waals surface area contributed by atoms with E-state index in [2.05, 4.69) is 17.6 Å². The molecule has 268 valence electrons. The summed E-state index contributed by atoms with van der Waals surface area (Å²) in [6, 6.07) is 6.00. The number of Topliss-reactive ketones (excluding diaryl/α,β-unsaturated/α-hetero) is 1. The van der Waals surface area contributed by atoms with Crippen molar-refractivity contribution in [2.45, 2.75) is 115 Å². The number of carbonyl (C=O) groups excluding carboxylic acids is 5. The van der Waals surface area contributed by atoms with Crippen LogP contribution in [0.3, 0.4) is 0 Å². The third-order valence-corrected chi connectivity index (χ3v) is 9.66. The minimum Gasteiger partial charge on any atom is -0.403 e. The van der Waals surface area contributed by atoms with Crippen molar-refractivity contribution in [3.63, 3.8) is 0 Å². The molecule has 3 aliphatic rings. The van der Waals surface area contributed by atoms with Crippen molar-refractivity contribution in [3.05, 3.63) is 47.3 Å². The molecule has 14 heteroatoms. The Hall–Kier alpha value is -4.48. The molecule has 4 rings (SSSR count). The first-order chi connectivity index (χ1) is 23.1. The number of nitrogens with one attached hydrogen (secondary N) is 2. The Morgan fingerprint density at radius 1 is 1.06 bits per heavy atom. The number of carbonyl (C=O) groups is 5. The van der Waals surface area contributed by atoms with Gasteiger partial charge in [-0.05, 0) is 56.9 Å². The molecule has 2 atom stereocenters. The van der Waals surface area contributed by atoms with Crippen LogP contribution in [0.2, 0.25) is 0 Å². The van der Waals surface area contributed by atoms with Crippen molar-refractivity contribution in [1.82, 2.24) is 20.5 Å². The topological polar surface area (TPSA) is 238 Å². The second-order valence-corrected chi connectivity index (χ2v) is 13.9. The van der Waals surface area contributed by atoms with E-state index in [4.69, 9.17) is 22.6 Å². The van der Waals surface area contributed by atoms with Gasteiger partial charge < -0.3 is 37.1 Å². The average Bonchev–Trinajstić information content (AvgIpc) is 3.53. The Kier molecular flexibility index (Phi) is 13.7. The van der Waals surface area contributed by atoms with Crippen LogP contribution in [0.15, 0.2) is 36.2 Å². The van der Waals surface area contributed by atoms with Gasteiger partial charge in [-0.25, -0.2) is 5.84 Å². The molecule has 0 aromatic heterocycles. The number of benzene rings is 1. The maximum Gasteiger partial charge on any atom is 0.287 e. The number of hydrogen-bond acceptors (Lipinski definition) is 10. The van der Waals surface area contributed by atoms with Crippen LogP contribution in [-0.4, -0.2) is 80.7 Å². The fourth-order valence-electron chi connectivity index (χ4n) is 6.82. The second kappa shape index (κ2) is 17.3. The quantitative estimate of drug-likeness (QED) is 0.118. The highest BCUT2D eigenvalue weighted by molar-refractivity contribution is 6.39.